The summed E-state index contributed by atoms with van der Waals surface area (Å²) in [6, 6.07) is 0. The molecule has 0 amide bonds. The Labute approximate surface area is 165 Å². The van der Waals surface area contributed by atoms with Crippen LogP contribution in [0, 0.1) is 0 Å². The second-order valence-corrected chi connectivity index (χ2v) is 8.54. The molecule has 2 aromatic rings. The highest BCUT2D eigenvalue weighted by Crippen LogP contribution is 2.27. The zero-order valence-corrected chi connectivity index (χ0v) is 17.2. The van der Waals surface area contributed by atoms with Gasteiger partial charge >= 0.3 is 0 Å². The highest BCUT2D eigenvalue weighted by Gasteiger charge is 2.25. The number of piperidine rings is 1. The highest BCUT2D eigenvalue weighted by molar-refractivity contribution is 7.90. The van der Waals surface area contributed by atoms with Crippen LogP contribution in [0.5, 0.6) is 0 Å². The molecule has 9 nitrogen and oxygen atoms in total. The molecule has 1 fully saturated rings. The number of aromatic nitrogens is 5. The van der Waals surface area contributed by atoms with E-state index in [1.807, 2.05) is 4.57 Å². The Bertz CT molecular complexity index is 850. The molecule has 0 aliphatic carbocycles. The normalized spacial score (nSPS) is 17.3. The van der Waals surface area contributed by atoms with Gasteiger partial charge in [-0.1, -0.05) is 6.92 Å². The van der Waals surface area contributed by atoms with E-state index in [1.54, 1.807) is 6.33 Å². The molecule has 1 atom stereocenters. The minimum atomic E-state index is -3.38. The van der Waals surface area contributed by atoms with Crippen LogP contribution >= 0.6 is 12.4 Å². The van der Waals surface area contributed by atoms with Crippen LogP contribution in [0.1, 0.15) is 43.6 Å². The lowest BCUT2D eigenvalue weighted by molar-refractivity contribution is 0.448. The number of rotatable bonds is 7. The van der Waals surface area contributed by atoms with Crippen LogP contribution in [-0.2, 0) is 22.9 Å². The third-order valence-corrected chi connectivity index (χ3v) is 5.54. The molecule has 11 heteroatoms. The molecular weight excluding hydrogens is 390 g/mol. The Balaban J connectivity index is 0.00000261. The predicted octanol–water partition coefficient (Wildman–Crippen LogP) is 1.38. The van der Waals surface area contributed by atoms with Gasteiger partial charge < -0.3 is 15.2 Å². The highest BCUT2D eigenvalue weighted by atomic mass is 35.5. The van der Waals surface area contributed by atoms with E-state index in [9.17, 15) is 8.42 Å². The molecule has 150 valence electrons. The van der Waals surface area contributed by atoms with Crippen LogP contribution in [0.3, 0.4) is 0 Å². The van der Waals surface area contributed by atoms with Crippen LogP contribution in [0.15, 0.2) is 17.4 Å². The maximum absolute atomic E-state index is 12.1. The molecule has 0 radical (unpaired) electrons. The average molecular weight is 416 g/mol. The molecule has 0 bridgehead atoms. The van der Waals surface area contributed by atoms with E-state index >= 15 is 0 Å². The lowest BCUT2D eigenvalue weighted by Gasteiger charge is -2.24. The van der Waals surface area contributed by atoms with Crippen molar-refractivity contribution in [2.24, 2.45) is 0 Å². The fourth-order valence-corrected chi connectivity index (χ4v) is 3.97. The summed E-state index contributed by atoms with van der Waals surface area (Å²) < 4.78 is 26.2. The molecule has 3 rings (SSSR count). The van der Waals surface area contributed by atoms with Crippen molar-refractivity contribution >= 4 is 28.2 Å². The third kappa shape index (κ3) is 5.36. The smallest absolute Gasteiger partial charge is 0.223 e. The molecule has 0 spiro atoms. The summed E-state index contributed by atoms with van der Waals surface area (Å²) in [7, 11) is -3.38. The summed E-state index contributed by atoms with van der Waals surface area (Å²) in [5, 5.41) is 14.5. The van der Waals surface area contributed by atoms with Gasteiger partial charge in [-0.15, -0.1) is 22.6 Å². The Kier molecular flexibility index (Phi) is 7.51. The summed E-state index contributed by atoms with van der Waals surface area (Å²) >= 11 is 0. The monoisotopic (exact) mass is 415 g/mol. The molecule has 3 heterocycles. The van der Waals surface area contributed by atoms with E-state index < -0.39 is 9.84 Å². The van der Waals surface area contributed by atoms with Crippen LogP contribution in [0.4, 0.5) is 5.95 Å². The van der Waals surface area contributed by atoms with Gasteiger partial charge in [0.05, 0.1) is 18.4 Å². The molecule has 2 aromatic heterocycles. The van der Waals surface area contributed by atoms with Crippen molar-refractivity contribution in [3.05, 3.63) is 24.0 Å². The molecule has 1 saturated heterocycles. The van der Waals surface area contributed by atoms with Crippen molar-refractivity contribution in [2.75, 3.05) is 24.7 Å². The summed E-state index contributed by atoms with van der Waals surface area (Å²) in [5.41, 5.74) is 0.590. The maximum atomic E-state index is 12.1. The second-order valence-electron chi connectivity index (χ2n) is 6.55. The van der Waals surface area contributed by atoms with Gasteiger partial charge in [0.25, 0.3) is 0 Å². The first-order valence-electron chi connectivity index (χ1n) is 8.87. The SMILES string of the molecule is CCCn1cnnc1CNc1ncc(S(C)(=O)=O)c(C2CCCNC2)n1.Cl. The Morgan fingerprint density at radius 3 is 2.89 bits per heavy atom. The number of nitrogens with zero attached hydrogens (tertiary/aromatic N) is 5. The Morgan fingerprint density at radius 1 is 1.41 bits per heavy atom. The van der Waals surface area contributed by atoms with Crippen LogP contribution < -0.4 is 10.6 Å². The van der Waals surface area contributed by atoms with Gasteiger partial charge in [-0.05, 0) is 25.8 Å². The fraction of sp³-hybridized carbons (Fsp3) is 0.625. The Morgan fingerprint density at radius 2 is 2.22 bits per heavy atom. The molecule has 1 unspecified atom stereocenters. The van der Waals surface area contributed by atoms with Crippen molar-refractivity contribution in [3.8, 4) is 0 Å². The largest absolute Gasteiger partial charge is 0.347 e. The third-order valence-electron chi connectivity index (χ3n) is 4.43. The van der Waals surface area contributed by atoms with E-state index in [2.05, 4.69) is 37.7 Å². The van der Waals surface area contributed by atoms with Crippen LogP contribution in [0.25, 0.3) is 0 Å². The topological polar surface area (TPSA) is 115 Å². The van der Waals surface area contributed by atoms with Crippen LogP contribution in [0.2, 0.25) is 0 Å². The molecule has 0 aromatic carbocycles. The Hall–Kier alpha value is -1.78. The van der Waals surface area contributed by atoms with Gasteiger partial charge in [0.15, 0.2) is 15.7 Å². The first-order chi connectivity index (χ1) is 12.5. The van der Waals surface area contributed by atoms with E-state index in [1.165, 1.54) is 12.5 Å². The van der Waals surface area contributed by atoms with Crippen molar-refractivity contribution in [2.45, 2.75) is 50.1 Å². The number of anilines is 1. The molecule has 27 heavy (non-hydrogen) atoms. The summed E-state index contributed by atoms with van der Waals surface area (Å²) in [6.45, 7) is 5.05. The number of hydrogen-bond donors (Lipinski definition) is 2. The van der Waals surface area contributed by atoms with Crippen molar-refractivity contribution in [3.63, 3.8) is 0 Å². The summed E-state index contributed by atoms with van der Waals surface area (Å²) in [5.74, 6) is 1.27. The van der Waals surface area contributed by atoms with Crippen molar-refractivity contribution < 1.29 is 8.42 Å². The number of nitrogens with one attached hydrogen (secondary N) is 2. The van der Waals surface area contributed by atoms with Crippen molar-refractivity contribution in [1.82, 2.24) is 30.0 Å². The fourth-order valence-electron chi connectivity index (χ4n) is 3.13. The van der Waals surface area contributed by atoms with E-state index in [0.717, 1.165) is 44.7 Å². The van der Waals surface area contributed by atoms with E-state index in [4.69, 9.17) is 0 Å². The zero-order valence-electron chi connectivity index (χ0n) is 15.6. The maximum Gasteiger partial charge on any atom is 0.223 e. The summed E-state index contributed by atoms with van der Waals surface area (Å²) in [4.78, 5) is 8.95. The van der Waals surface area contributed by atoms with Crippen molar-refractivity contribution in [1.29, 1.82) is 0 Å². The minimum Gasteiger partial charge on any atom is -0.347 e. The first-order valence-corrected chi connectivity index (χ1v) is 10.8. The molecule has 1 aliphatic heterocycles. The van der Waals surface area contributed by atoms with Gasteiger partial charge in [0.2, 0.25) is 5.95 Å². The minimum absolute atomic E-state index is 0. The standard InChI is InChI=1S/C16H25N7O2S.ClH/c1-3-7-23-11-20-22-14(23)10-19-16-18-9-13(26(2,24)25)15(21-16)12-5-4-6-17-8-12;/h9,11-12,17H,3-8,10H2,1-2H3,(H,18,19,21);1H. The van der Waals surface area contributed by atoms with Crippen LogP contribution in [-0.4, -0.2) is 52.5 Å². The van der Waals surface area contributed by atoms with Gasteiger partial charge in [-0.3, -0.25) is 0 Å². The van der Waals surface area contributed by atoms with Gasteiger partial charge in [0.1, 0.15) is 11.2 Å². The lowest BCUT2D eigenvalue weighted by Crippen LogP contribution is -2.30. The molecular formula is C16H26ClN7O2S. The number of aryl methyl sites for hydroxylation is 1. The number of hydrogen-bond acceptors (Lipinski definition) is 8. The number of sulfone groups is 1. The quantitative estimate of drug-likeness (QED) is 0.696. The number of halogens is 1. The van der Waals surface area contributed by atoms with E-state index in [-0.39, 0.29) is 23.2 Å². The zero-order chi connectivity index (χ0) is 18.6. The first kappa shape index (κ1) is 21.5. The molecule has 0 saturated carbocycles. The summed E-state index contributed by atoms with van der Waals surface area (Å²) in [6.07, 6.45) is 7.21. The van der Waals surface area contributed by atoms with Gasteiger partial charge in [-0.25, -0.2) is 18.4 Å². The van der Waals surface area contributed by atoms with E-state index in [0.29, 0.717) is 18.2 Å². The van der Waals surface area contributed by atoms with Gasteiger partial charge in [0, 0.05) is 25.3 Å². The average Bonchev–Trinajstić information content (AvgIpc) is 3.07. The second kappa shape index (κ2) is 9.43. The lowest BCUT2D eigenvalue weighted by atomic mass is 9.96. The predicted molar refractivity (Wildman–Crippen MR) is 105 cm³/mol. The molecule has 2 N–H and O–H groups in total. The van der Waals surface area contributed by atoms with Gasteiger partial charge in [-0.2, -0.15) is 0 Å². The molecule has 1 aliphatic rings.